The molecule has 0 saturated carbocycles. The van der Waals surface area contributed by atoms with Crippen LogP contribution in [-0.4, -0.2) is 52.0 Å². The van der Waals surface area contributed by atoms with Crippen LogP contribution in [0, 0.1) is 0 Å². The van der Waals surface area contributed by atoms with Crippen molar-refractivity contribution in [2.45, 2.75) is 17.4 Å². The van der Waals surface area contributed by atoms with E-state index in [1.54, 1.807) is 13.1 Å². The van der Waals surface area contributed by atoms with Crippen LogP contribution in [0.3, 0.4) is 0 Å². The second-order valence-electron chi connectivity index (χ2n) is 4.69. The van der Waals surface area contributed by atoms with E-state index in [1.165, 1.54) is 29.6 Å². The van der Waals surface area contributed by atoms with Crippen LogP contribution >= 0.6 is 0 Å². The average molecular weight is 298 g/mol. The highest BCUT2D eigenvalue weighted by molar-refractivity contribution is 7.89. The Hall–Kier alpha value is -1.44. The molecule has 1 saturated heterocycles. The predicted molar refractivity (Wildman–Crippen MR) is 74.0 cm³/mol. The molecule has 1 aliphatic rings. The Morgan fingerprint density at radius 3 is 2.80 bits per heavy atom. The van der Waals surface area contributed by atoms with Crippen molar-refractivity contribution in [3.8, 4) is 0 Å². The normalized spacial score (nSPS) is 19.2. The molecule has 1 aromatic carbocycles. The minimum Gasteiger partial charge on any atom is -0.465 e. The molecule has 1 unspecified atom stereocenters. The molecule has 1 atom stereocenters. The summed E-state index contributed by atoms with van der Waals surface area (Å²) < 4.78 is 31.0. The Morgan fingerprint density at radius 2 is 2.20 bits per heavy atom. The van der Waals surface area contributed by atoms with E-state index < -0.39 is 16.0 Å². The number of likely N-dealkylation sites (N-methyl/N-ethyl adjacent to an activating group) is 1. The van der Waals surface area contributed by atoms with Gasteiger partial charge in [-0.15, -0.1) is 0 Å². The Labute approximate surface area is 118 Å². The number of nitrogens with zero attached hydrogens (tertiary/aromatic N) is 1. The smallest absolute Gasteiger partial charge is 0.337 e. The van der Waals surface area contributed by atoms with Gasteiger partial charge in [-0.25, -0.2) is 13.2 Å². The first kappa shape index (κ1) is 15.0. The minimum absolute atomic E-state index is 0.0539. The highest BCUT2D eigenvalue weighted by Gasteiger charge is 2.30. The topological polar surface area (TPSA) is 75.7 Å². The van der Waals surface area contributed by atoms with Crippen molar-refractivity contribution >= 4 is 16.0 Å². The van der Waals surface area contributed by atoms with Crippen LogP contribution in [0.2, 0.25) is 0 Å². The molecule has 1 aromatic rings. The molecule has 0 bridgehead atoms. The van der Waals surface area contributed by atoms with Gasteiger partial charge >= 0.3 is 5.97 Å². The van der Waals surface area contributed by atoms with Crippen LogP contribution < -0.4 is 5.32 Å². The highest BCUT2D eigenvalue weighted by Crippen LogP contribution is 2.20. The Bertz CT molecular complexity index is 594. The standard InChI is InChI=1S/C13H18N2O4S/c1-15(11-6-7-14-9-11)20(17,18)12-5-3-4-10(8-12)13(16)19-2/h3-5,8,11,14H,6-7,9H2,1-2H3. The Morgan fingerprint density at radius 1 is 1.45 bits per heavy atom. The van der Waals surface area contributed by atoms with Gasteiger partial charge in [0.1, 0.15) is 0 Å². The largest absolute Gasteiger partial charge is 0.465 e. The Balaban J connectivity index is 2.31. The summed E-state index contributed by atoms with van der Waals surface area (Å²) in [6.07, 6.45) is 0.784. The molecular formula is C13H18N2O4S. The van der Waals surface area contributed by atoms with Crippen molar-refractivity contribution in [3.05, 3.63) is 29.8 Å². The average Bonchev–Trinajstić information content (AvgIpc) is 2.99. The van der Waals surface area contributed by atoms with Gasteiger partial charge in [0.25, 0.3) is 0 Å². The maximum atomic E-state index is 12.5. The zero-order valence-electron chi connectivity index (χ0n) is 11.5. The summed E-state index contributed by atoms with van der Waals surface area (Å²) in [5.74, 6) is -0.549. The molecule has 0 radical (unpaired) electrons. The fraction of sp³-hybridized carbons (Fsp3) is 0.462. The molecule has 6 nitrogen and oxygen atoms in total. The Kier molecular flexibility index (Phi) is 4.42. The van der Waals surface area contributed by atoms with Crippen molar-refractivity contribution in [3.63, 3.8) is 0 Å². The lowest BCUT2D eigenvalue weighted by atomic mass is 10.2. The van der Waals surface area contributed by atoms with Crippen LogP contribution in [0.4, 0.5) is 0 Å². The lowest BCUT2D eigenvalue weighted by Crippen LogP contribution is -2.38. The number of rotatable bonds is 4. The number of carbonyl (C=O) groups excluding carboxylic acids is 1. The summed E-state index contributed by atoms with van der Waals surface area (Å²) in [4.78, 5) is 11.6. The van der Waals surface area contributed by atoms with E-state index >= 15 is 0 Å². The number of methoxy groups -OCH3 is 1. The monoisotopic (exact) mass is 298 g/mol. The van der Waals surface area contributed by atoms with Crippen molar-refractivity contribution in [1.82, 2.24) is 9.62 Å². The molecule has 0 aromatic heterocycles. The van der Waals surface area contributed by atoms with Gasteiger partial charge in [-0.1, -0.05) is 6.07 Å². The molecule has 0 aliphatic carbocycles. The number of ether oxygens (including phenoxy) is 1. The van der Waals surface area contributed by atoms with Gasteiger partial charge in [0.15, 0.2) is 0 Å². The molecule has 1 N–H and O–H groups in total. The SMILES string of the molecule is COC(=O)c1cccc(S(=O)(=O)N(C)C2CCNC2)c1. The quantitative estimate of drug-likeness (QED) is 0.817. The van der Waals surface area contributed by atoms with Crippen molar-refractivity contribution in [1.29, 1.82) is 0 Å². The molecule has 7 heteroatoms. The second kappa shape index (κ2) is 5.90. The third kappa shape index (κ3) is 2.84. The van der Waals surface area contributed by atoms with Gasteiger partial charge in [-0.05, 0) is 31.2 Å². The first-order valence-electron chi connectivity index (χ1n) is 6.34. The van der Waals surface area contributed by atoms with E-state index in [-0.39, 0.29) is 16.5 Å². The van der Waals surface area contributed by atoms with Crippen LogP contribution in [0.5, 0.6) is 0 Å². The van der Waals surface area contributed by atoms with Gasteiger partial charge in [0.05, 0.1) is 17.6 Å². The van der Waals surface area contributed by atoms with Gasteiger partial charge in [-0.3, -0.25) is 0 Å². The molecule has 110 valence electrons. The lowest BCUT2D eigenvalue weighted by molar-refractivity contribution is 0.0600. The third-order valence-electron chi connectivity index (χ3n) is 3.48. The van der Waals surface area contributed by atoms with Gasteiger partial charge in [0.2, 0.25) is 10.0 Å². The molecule has 0 amide bonds. The summed E-state index contributed by atoms with van der Waals surface area (Å²) >= 11 is 0. The van der Waals surface area contributed by atoms with Gasteiger partial charge in [-0.2, -0.15) is 4.31 Å². The molecule has 1 heterocycles. The van der Waals surface area contributed by atoms with E-state index in [0.717, 1.165) is 13.0 Å². The molecule has 0 spiro atoms. The number of carbonyl (C=O) groups is 1. The van der Waals surface area contributed by atoms with E-state index in [0.29, 0.717) is 6.54 Å². The number of hydrogen-bond donors (Lipinski definition) is 1. The lowest BCUT2D eigenvalue weighted by Gasteiger charge is -2.23. The zero-order valence-corrected chi connectivity index (χ0v) is 12.3. The number of esters is 1. The van der Waals surface area contributed by atoms with Crippen LogP contribution in [0.15, 0.2) is 29.2 Å². The maximum absolute atomic E-state index is 12.5. The molecule has 1 fully saturated rings. The summed E-state index contributed by atoms with van der Waals surface area (Å²) in [6.45, 7) is 1.46. The van der Waals surface area contributed by atoms with Crippen LogP contribution in [0.25, 0.3) is 0 Å². The number of hydrogen-bond acceptors (Lipinski definition) is 5. The summed E-state index contributed by atoms with van der Waals surface area (Å²) in [5.41, 5.74) is 0.228. The first-order chi connectivity index (χ1) is 9.46. The molecule has 20 heavy (non-hydrogen) atoms. The summed E-state index contributed by atoms with van der Waals surface area (Å²) in [7, 11) is -0.770. The summed E-state index contributed by atoms with van der Waals surface area (Å²) in [5, 5.41) is 3.14. The van der Waals surface area contributed by atoms with Crippen molar-refractivity contribution in [2.75, 3.05) is 27.2 Å². The number of sulfonamides is 1. The predicted octanol–water partition coefficient (Wildman–Crippen LogP) is 0.456. The summed E-state index contributed by atoms with van der Waals surface area (Å²) in [6, 6.07) is 5.85. The van der Waals surface area contributed by atoms with Gasteiger partial charge in [0, 0.05) is 19.6 Å². The van der Waals surface area contributed by atoms with E-state index in [2.05, 4.69) is 10.1 Å². The van der Waals surface area contributed by atoms with Crippen molar-refractivity contribution < 1.29 is 17.9 Å². The fourth-order valence-corrected chi connectivity index (χ4v) is 3.65. The highest BCUT2D eigenvalue weighted by atomic mass is 32.2. The van der Waals surface area contributed by atoms with Gasteiger partial charge < -0.3 is 10.1 Å². The third-order valence-corrected chi connectivity index (χ3v) is 5.39. The molecular weight excluding hydrogens is 280 g/mol. The fourth-order valence-electron chi connectivity index (χ4n) is 2.21. The second-order valence-corrected chi connectivity index (χ2v) is 6.68. The van der Waals surface area contributed by atoms with E-state index in [1.807, 2.05) is 0 Å². The first-order valence-corrected chi connectivity index (χ1v) is 7.78. The number of benzene rings is 1. The zero-order chi connectivity index (χ0) is 14.8. The van der Waals surface area contributed by atoms with E-state index in [9.17, 15) is 13.2 Å². The number of nitrogens with one attached hydrogen (secondary N) is 1. The van der Waals surface area contributed by atoms with Crippen LogP contribution in [0.1, 0.15) is 16.8 Å². The maximum Gasteiger partial charge on any atom is 0.337 e. The van der Waals surface area contributed by atoms with Crippen molar-refractivity contribution in [2.24, 2.45) is 0 Å². The molecule has 1 aliphatic heterocycles. The molecule has 2 rings (SSSR count). The van der Waals surface area contributed by atoms with E-state index in [4.69, 9.17) is 0 Å². The minimum atomic E-state index is -3.60. The van der Waals surface area contributed by atoms with Crippen LogP contribution in [-0.2, 0) is 14.8 Å².